The van der Waals surface area contributed by atoms with E-state index in [0.717, 1.165) is 0 Å². The van der Waals surface area contributed by atoms with Gasteiger partial charge in [0.2, 0.25) is 0 Å². The molecule has 0 aromatic carbocycles. The minimum Gasteiger partial charge on any atom is -0.396 e. The fraction of sp³-hybridized carbons (Fsp3) is 1.00. The number of aliphatic hydroxyl groups excluding tert-OH is 1. The molecule has 0 aliphatic rings. The van der Waals surface area contributed by atoms with Gasteiger partial charge in [0.05, 0.1) is 0 Å². The van der Waals surface area contributed by atoms with E-state index >= 15 is 0 Å². The van der Waals surface area contributed by atoms with Gasteiger partial charge in [-0.2, -0.15) is 13.2 Å². The fourth-order valence-electron chi connectivity index (χ4n) is 1.16. The molecular weight excluding hydrogens is 211 g/mol. The van der Waals surface area contributed by atoms with E-state index in [1.54, 1.807) is 0 Å². The van der Waals surface area contributed by atoms with E-state index in [1.807, 2.05) is 6.92 Å². The third-order valence-corrected chi connectivity index (χ3v) is 2.56. The highest BCUT2D eigenvalue weighted by molar-refractivity contribution is 4.77. The molecule has 6 heteroatoms. The van der Waals surface area contributed by atoms with Crippen LogP contribution in [0.15, 0.2) is 0 Å². The lowest BCUT2D eigenvalue weighted by Gasteiger charge is -2.28. The second-order valence-electron chi connectivity index (χ2n) is 3.63. The molecule has 3 N–H and O–H groups in total. The summed E-state index contributed by atoms with van der Waals surface area (Å²) in [6, 6.07) is 0. The van der Waals surface area contributed by atoms with Crippen molar-refractivity contribution in [2.45, 2.75) is 25.9 Å². The van der Waals surface area contributed by atoms with Gasteiger partial charge in [-0.3, -0.25) is 0 Å². The molecule has 0 aromatic rings. The quantitative estimate of drug-likeness (QED) is 0.647. The number of halogens is 3. The van der Waals surface area contributed by atoms with E-state index in [0.29, 0.717) is 12.8 Å². The molecule has 0 saturated carbocycles. The van der Waals surface area contributed by atoms with Crippen molar-refractivity contribution in [1.82, 2.24) is 0 Å². The number of hydrogen-bond acceptors (Lipinski definition) is 3. The van der Waals surface area contributed by atoms with Crippen molar-refractivity contribution in [1.29, 1.82) is 0 Å². The van der Waals surface area contributed by atoms with Gasteiger partial charge >= 0.3 is 6.18 Å². The molecule has 15 heavy (non-hydrogen) atoms. The molecule has 0 aliphatic carbocycles. The zero-order chi connectivity index (χ0) is 11.9. The predicted octanol–water partition coefficient (Wildman–Crippen LogP) is 1.30. The van der Waals surface area contributed by atoms with Crippen molar-refractivity contribution in [2.75, 3.05) is 26.4 Å². The molecule has 0 spiro atoms. The van der Waals surface area contributed by atoms with E-state index in [4.69, 9.17) is 10.8 Å². The van der Waals surface area contributed by atoms with Crippen molar-refractivity contribution >= 4 is 0 Å². The number of alkyl halides is 3. The Morgan fingerprint density at radius 2 is 1.93 bits per heavy atom. The number of rotatable bonds is 7. The first-order valence-corrected chi connectivity index (χ1v) is 4.84. The standard InChI is InChI=1S/C9H18F3NO2/c1-2-8(5-13,6-14)3-4-15-7-9(10,11)12/h14H,2-7,13H2,1H3. The zero-order valence-electron chi connectivity index (χ0n) is 8.81. The maximum absolute atomic E-state index is 11.7. The summed E-state index contributed by atoms with van der Waals surface area (Å²) in [5, 5.41) is 9.08. The van der Waals surface area contributed by atoms with Gasteiger partial charge in [0, 0.05) is 25.2 Å². The van der Waals surface area contributed by atoms with Crippen molar-refractivity contribution < 1.29 is 23.0 Å². The normalized spacial score (nSPS) is 16.4. The first kappa shape index (κ1) is 14.7. The lowest BCUT2D eigenvalue weighted by molar-refractivity contribution is -0.175. The van der Waals surface area contributed by atoms with Gasteiger partial charge in [-0.1, -0.05) is 6.92 Å². The highest BCUT2D eigenvalue weighted by Crippen LogP contribution is 2.24. The lowest BCUT2D eigenvalue weighted by atomic mass is 9.83. The summed E-state index contributed by atoms with van der Waals surface area (Å²) in [6.45, 7) is 0.672. The molecule has 0 saturated heterocycles. The minimum absolute atomic E-state index is 0.0366. The SMILES string of the molecule is CCC(CN)(CO)CCOCC(F)(F)F. The second-order valence-corrected chi connectivity index (χ2v) is 3.63. The molecule has 0 aromatic heterocycles. The summed E-state index contributed by atoms with van der Waals surface area (Å²) in [5.74, 6) is 0. The summed E-state index contributed by atoms with van der Waals surface area (Å²) in [7, 11) is 0. The summed E-state index contributed by atoms with van der Waals surface area (Å²) in [6.07, 6.45) is -3.33. The van der Waals surface area contributed by atoms with Gasteiger partial charge in [-0.15, -0.1) is 0 Å². The van der Waals surface area contributed by atoms with Crippen LogP contribution in [0, 0.1) is 5.41 Å². The van der Waals surface area contributed by atoms with Gasteiger partial charge in [-0.05, 0) is 12.8 Å². The van der Waals surface area contributed by atoms with Crippen LogP contribution in [0.4, 0.5) is 13.2 Å². The third-order valence-electron chi connectivity index (χ3n) is 2.56. The molecule has 92 valence electrons. The van der Waals surface area contributed by atoms with Crippen LogP contribution >= 0.6 is 0 Å². The molecule has 1 atom stereocenters. The van der Waals surface area contributed by atoms with Crippen LogP contribution < -0.4 is 5.73 Å². The Balaban J connectivity index is 3.82. The van der Waals surface area contributed by atoms with Crippen LogP contribution in [-0.4, -0.2) is 37.6 Å². The molecule has 0 radical (unpaired) electrons. The molecule has 0 bridgehead atoms. The Bertz CT molecular complexity index is 161. The number of ether oxygens (including phenoxy) is 1. The Hall–Kier alpha value is -0.330. The first-order valence-electron chi connectivity index (χ1n) is 4.84. The number of nitrogens with two attached hydrogens (primary N) is 1. The molecule has 1 unspecified atom stereocenters. The average molecular weight is 229 g/mol. The van der Waals surface area contributed by atoms with Gasteiger partial charge in [0.25, 0.3) is 0 Å². The maximum Gasteiger partial charge on any atom is 0.411 e. The first-order chi connectivity index (χ1) is 6.89. The Kier molecular flexibility index (Phi) is 6.16. The summed E-state index contributed by atoms with van der Waals surface area (Å²) in [4.78, 5) is 0. The Labute approximate surface area is 87.4 Å². The van der Waals surface area contributed by atoms with E-state index < -0.39 is 18.2 Å². The van der Waals surface area contributed by atoms with E-state index in [2.05, 4.69) is 4.74 Å². The van der Waals surface area contributed by atoms with Crippen LogP contribution in [0.5, 0.6) is 0 Å². The summed E-state index contributed by atoms with van der Waals surface area (Å²) in [5.41, 5.74) is 4.95. The smallest absolute Gasteiger partial charge is 0.396 e. The Morgan fingerprint density at radius 1 is 1.33 bits per heavy atom. The fourth-order valence-corrected chi connectivity index (χ4v) is 1.16. The molecule has 0 aliphatic heterocycles. The molecule has 0 heterocycles. The van der Waals surface area contributed by atoms with Crippen LogP contribution in [0.3, 0.4) is 0 Å². The van der Waals surface area contributed by atoms with Gasteiger partial charge in [-0.25, -0.2) is 0 Å². The molecule has 3 nitrogen and oxygen atoms in total. The third kappa shape index (κ3) is 5.96. The van der Waals surface area contributed by atoms with Gasteiger partial charge < -0.3 is 15.6 Å². The van der Waals surface area contributed by atoms with Crippen LogP contribution in [0.2, 0.25) is 0 Å². The van der Waals surface area contributed by atoms with Crippen LogP contribution in [-0.2, 0) is 4.74 Å². The second kappa shape index (κ2) is 6.30. The van der Waals surface area contributed by atoms with Gasteiger partial charge in [0.1, 0.15) is 6.61 Å². The highest BCUT2D eigenvalue weighted by Gasteiger charge is 2.29. The number of hydrogen-bond donors (Lipinski definition) is 2. The highest BCUT2D eigenvalue weighted by atomic mass is 19.4. The monoisotopic (exact) mass is 229 g/mol. The van der Waals surface area contributed by atoms with Crippen molar-refractivity contribution in [3.8, 4) is 0 Å². The lowest BCUT2D eigenvalue weighted by Crippen LogP contribution is -2.35. The van der Waals surface area contributed by atoms with E-state index in [1.165, 1.54) is 0 Å². The van der Waals surface area contributed by atoms with Crippen LogP contribution in [0.1, 0.15) is 19.8 Å². The van der Waals surface area contributed by atoms with E-state index in [9.17, 15) is 13.2 Å². The van der Waals surface area contributed by atoms with E-state index in [-0.39, 0.29) is 19.8 Å². The Morgan fingerprint density at radius 3 is 2.27 bits per heavy atom. The van der Waals surface area contributed by atoms with Crippen molar-refractivity contribution in [2.24, 2.45) is 11.1 Å². The molecule has 0 fully saturated rings. The molecular formula is C9H18F3NO2. The summed E-state index contributed by atoms with van der Waals surface area (Å²) < 4.78 is 39.6. The van der Waals surface area contributed by atoms with Crippen LogP contribution in [0.25, 0.3) is 0 Å². The zero-order valence-corrected chi connectivity index (χ0v) is 8.81. The molecule has 0 rings (SSSR count). The maximum atomic E-state index is 11.7. The van der Waals surface area contributed by atoms with Gasteiger partial charge in [0.15, 0.2) is 0 Å². The minimum atomic E-state index is -4.29. The largest absolute Gasteiger partial charge is 0.411 e. The summed E-state index contributed by atoms with van der Waals surface area (Å²) >= 11 is 0. The topological polar surface area (TPSA) is 55.5 Å². The molecule has 0 amide bonds. The average Bonchev–Trinajstić information content (AvgIpc) is 2.18. The predicted molar refractivity (Wildman–Crippen MR) is 50.4 cm³/mol. The van der Waals surface area contributed by atoms with Crippen molar-refractivity contribution in [3.05, 3.63) is 0 Å². The van der Waals surface area contributed by atoms with Crippen molar-refractivity contribution in [3.63, 3.8) is 0 Å². The number of aliphatic hydroxyl groups is 1.